The molecule has 0 aliphatic rings. The minimum absolute atomic E-state index is 0.00156. The summed E-state index contributed by atoms with van der Waals surface area (Å²) in [6.07, 6.45) is 3.49. The molecule has 0 aliphatic carbocycles. The van der Waals surface area contributed by atoms with Crippen LogP contribution in [0.25, 0.3) is 17.0 Å². The number of carbonyl (C=O) groups is 1. The lowest BCUT2D eigenvalue weighted by molar-refractivity contribution is 0.0692. The fraction of sp³-hybridized carbons (Fsp3) is 0. The summed E-state index contributed by atoms with van der Waals surface area (Å²) in [4.78, 5) is 14.0. The number of hydrogen-bond acceptors (Lipinski definition) is 2. The van der Waals surface area contributed by atoms with E-state index in [1.807, 2.05) is 36.4 Å². The van der Waals surface area contributed by atoms with Gasteiger partial charge >= 0.3 is 5.97 Å². The first kappa shape index (κ1) is 13.9. The van der Waals surface area contributed by atoms with Crippen molar-refractivity contribution in [1.82, 2.24) is 4.98 Å². The number of halogens is 1. The highest BCUT2D eigenvalue weighted by Crippen LogP contribution is 2.28. The van der Waals surface area contributed by atoms with Crippen LogP contribution in [0.4, 0.5) is 10.1 Å². The van der Waals surface area contributed by atoms with Crippen LogP contribution in [0.3, 0.4) is 0 Å². The van der Waals surface area contributed by atoms with Gasteiger partial charge in [-0.25, -0.2) is 9.18 Å². The Bertz CT molecular complexity index is 854. The molecule has 0 aliphatic heterocycles. The van der Waals surface area contributed by atoms with Crippen molar-refractivity contribution in [2.24, 2.45) is 0 Å². The fourth-order valence-electron chi connectivity index (χ4n) is 2.27. The first-order valence-electron chi connectivity index (χ1n) is 6.68. The SMILES string of the molecule is O=C(O)c1[nH]c2cc(F)ccc2c1NC=Cc1ccccc1. The molecule has 0 saturated heterocycles. The zero-order valence-corrected chi connectivity index (χ0v) is 11.5. The molecule has 22 heavy (non-hydrogen) atoms. The van der Waals surface area contributed by atoms with Crippen molar-refractivity contribution in [3.8, 4) is 0 Å². The number of hydrogen-bond donors (Lipinski definition) is 3. The molecule has 110 valence electrons. The van der Waals surface area contributed by atoms with E-state index in [9.17, 15) is 14.3 Å². The monoisotopic (exact) mass is 296 g/mol. The summed E-state index contributed by atoms with van der Waals surface area (Å²) < 4.78 is 13.3. The topological polar surface area (TPSA) is 65.1 Å². The van der Waals surface area contributed by atoms with Crippen LogP contribution < -0.4 is 5.32 Å². The number of benzene rings is 2. The molecule has 0 saturated carbocycles. The van der Waals surface area contributed by atoms with Crippen LogP contribution in [0.1, 0.15) is 16.1 Å². The zero-order valence-electron chi connectivity index (χ0n) is 11.5. The van der Waals surface area contributed by atoms with Crippen LogP contribution in [0.2, 0.25) is 0 Å². The average Bonchev–Trinajstić information content (AvgIpc) is 2.86. The van der Waals surface area contributed by atoms with Crippen LogP contribution in [0, 0.1) is 5.82 Å². The van der Waals surface area contributed by atoms with Crippen LogP contribution in [-0.2, 0) is 0 Å². The van der Waals surface area contributed by atoms with Crippen molar-refractivity contribution in [2.75, 3.05) is 5.32 Å². The molecule has 0 fully saturated rings. The number of aromatic nitrogens is 1. The Morgan fingerprint density at radius 1 is 1.18 bits per heavy atom. The Morgan fingerprint density at radius 2 is 1.95 bits per heavy atom. The van der Waals surface area contributed by atoms with Gasteiger partial charge in [0.1, 0.15) is 11.5 Å². The van der Waals surface area contributed by atoms with E-state index in [0.717, 1.165) is 5.56 Å². The van der Waals surface area contributed by atoms with Crippen molar-refractivity contribution in [3.05, 3.63) is 71.8 Å². The summed E-state index contributed by atoms with van der Waals surface area (Å²) in [7, 11) is 0. The molecule has 1 aromatic heterocycles. The lowest BCUT2D eigenvalue weighted by Gasteiger charge is -2.01. The lowest BCUT2D eigenvalue weighted by Crippen LogP contribution is -2.00. The van der Waals surface area contributed by atoms with E-state index in [4.69, 9.17) is 0 Å². The number of anilines is 1. The van der Waals surface area contributed by atoms with Gasteiger partial charge in [0.05, 0.1) is 11.2 Å². The highest BCUT2D eigenvalue weighted by Gasteiger charge is 2.16. The van der Waals surface area contributed by atoms with Gasteiger partial charge in [-0.3, -0.25) is 0 Å². The van der Waals surface area contributed by atoms with Gasteiger partial charge < -0.3 is 15.4 Å². The van der Waals surface area contributed by atoms with E-state index >= 15 is 0 Å². The van der Waals surface area contributed by atoms with Gasteiger partial charge in [-0.2, -0.15) is 0 Å². The highest BCUT2D eigenvalue weighted by atomic mass is 19.1. The minimum atomic E-state index is -1.10. The molecule has 0 amide bonds. The number of fused-ring (bicyclic) bond motifs is 1. The largest absolute Gasteiger partial charge is 0.477 e. The Labute approximate surface area is 125 Å². The lowest BCUT2D eigenvalue weighted by atomic mass is 10.2. The summed E-state index contributed by atoms with van der Waals surface area (Å²) in [5.41, 5.74) is 1.83. The Kier molecular flexibility index (Phi) is 3.62. The van der Waals surface area contributed by atoms with E-state index in [2.05, 4.69) is 10.3 Å². The predicted molar refractivity (Wildman–Crippen MR) is 84.3 cm³/mol. The third kappa shape index (κ3) is 2.69. The molecule has 3 N–H and O–H groups in total. The molecule has 0 spiro atoms. The van der Waals surface area contributed by atoms with Crippen LogP contribution in [-0.4, -0.2) is 16.1 Å². The van der Waals surface area contributed by atoms with Crippen molar-refractivity contribution in [1.29, 1.82) is 0 Å². The summed E-state index contributed by atoms with van der Waals surface area (Å²) in [6, 6.07) is 13.7. The second kappa shape index (κ2) is 5.73. The summed E-state index contributed by atoms with van der Waals surface area (Å²) in [5.74, 6) is -1.52. The number of carboxylic acid groups (broad SMARTS) is 1. The van der Waals surface area contributed by atoms with E-state index in [1.165, 1.54) is 12.1 Å². The summed E-state index contributed by atoms with van der Waals surface area (Å²) >= 11 is 0. The number of rotatable bonds is 4. The first-order valence-corrected chi connectivity index (χ1v) is 6.68. The van der Waals surface area contributed by atoms with Gasteiger partial charge in [-0.1, -0.05) is 30.3 Å². The van der Waals surface area contributed by atoms with Crippen molar-refractivity contribution < 1.29 is 14.3 Å². The molecule has 0 atom stereocenters. The number of carboxylic acids is 1. The third-order valence-corrected chi connectivity index (χ3v) is 3.28. The zero-order chi connectivity index (χ0) is 15.5. The molecule has 3 aromatic rings. The summed E-state index contributed by atoms with van der Waals surface area (Å²) in [5, 5.41) is 12.9. The second-order valence-corrected chi connectivity index (χ2v) is 4.76. The van der Waals surface area contributed by atoms with Crippen molar-refractivity contribution in [2.45, 2.75) is 0 Å². The third-order valence-electron chi connectivity index (χ3n) is 3.28. The van der Waals surface area contributed by atoms with E-state index in [0.29, 0.717) is 16.6 Å². The highest BCUT2D eigenvalue weighted by molar-refractivity contribution is 6.05. The Balaban J connectivity index is 1.96. The first-order chi connectivity index (χ1) is 10.6. The predicted octanol–water partition coefficient (Wildman–Crippen LogP) is 4.09. The molecule has 3 rings (SSSR count). The van der Waals surface area contributed by atoms with Crippen molar-refractivity contribution >= 4 is 28.6 Å². The van der Waals surface area contributed by atoms with Gasteiger partial charge in [-0.15, -0.1) is 0 Å². The number of H-pyrrole nitrogens is 1. The van der Waals surface area contributed by atoms with Gasteiger partial charge in [0.2, 0.25) is 0 Å². The van der Waals surface area contributed by atoms with Crippen molar-refractivity contribution in [3.63, 3.8) is 0 Å². The average molecular weight is 296 g/mol. The van der Waals surface area contributed by atoms with Crippen LogP contribution in [0.5, 0.6) is 0 Å². The molecule has 1 heterocycles. The number of aromatic amines is 1. The summed E-state index contributed by atoms with van der Waals surface area (Å²) in [6.45, 7) is 0. The maximum Gasteiger partial charge on any atom is 0.354 e. The van der Waals surface area contributed by atoms with Gasteiger partial charge in [-0.05, 0) is 29.8 Å². The Hall–Kier alpha value is -3.08. The fourth-order valence-corrected chi connectivity index (χ4v) is 2.27. The number of nitrogens with one attached hydrogen (secondary N) is 2. The molecule has 0 bridgehead atoms. The maximum absolute atomic E-state index is 13.3. The molecule has 2 aromatic carbocycles. The van der Waals surface area contributed by atoms with Gasteiger partial charge in [0.25, 0.3) is 0 Å². The molecular weight excluding hydrogens is 283 g/mol. The second-order valence-electron chi connectivity index (χ2n) is 4.76. The molecule has 4 nitrogen and oxygen atoms in total. The van der Waals surface area contributed by atoms with E-state index < -0.39 is 11.8 Å². The van der Waals surface area contributed by atoms with E-state index in [1.54, 1.807) is 12.3 Å². The van der Waals surface area contributed by atoms with Crippen LogP contribution >= 0.6 is 0 Å². The van der Waals surface area contributed by atoms with Gasteiger partial charge in [0.15, 0.2) is 0 Å². The van der Waals surface area contributed by atoms with E-state index in [-0.39, 0.29) is 5.69 Å². The molecule has 0 unspecified atom stereocenters. The molecule has 5 heteroatoms. The standard InChI is InChI=1S/C17H13FN2O2/c18-12-6-7-13-14(10-12)20-16(17(21)22)15(13)19-9-8-11-4-2-1-3-5-11/h1-10,19-20H,(H,21,22). The Morgan fingerprint density at radius 3 is 2.68 bits per heavy atom. The smallest absolute Gasteiger partial charge is 0.354 e. The molecule has 0 radical (unpaired) electrons. The van der Waals surface area contributed by atoms with Crippen LogP contribution in [0.15, 0.2) is 54.7 Å². The minimum Gasteiger partial charge on any atom is -0.477 e. The maximum atomic E-state index is 13.3. The quantitative estimate of drug-likeness (QED) is 0.679. The normalized spacial score (nSPS) is 11.1. The van der Waals surface area contributed by atoms with Gasteiger partial charge in [0, 0.05) is 11.6 Å². The number of aromatic carboxylic acids is 1. The molecular formula is C17H13FN2O2.